The minimum absolute atomic E-state index is 0.00480. The number of aryl methyl sites for hydroxylation is 1. The molecule has 3 atom stereocenters. The molecule has 1 aliphatic heterocycles. The molecule has 19 heteroatoms. The Balaban J connectivity index is 0.780. The lowest BCUT2D eigenvalue weighted by atomic mass is 9.84. The monoisotopic (exact) mass is 1040 g/mol. The van der Waals surface area contributed by atoms with E-state index in [9.17, 15) is 24.3 Å². The number of hydrogen-bond donors (Lipinski definition) is 5. The van der Waals surface area contributed by atoms with E-state index >= 15 is 0 Å². The van der Waals surface area contributed by atoms with Crippen molar-refractivity contribution in [3.8, 4) is 16.2 Å². The molecule has 2 fully saturated rings. The molecular formula is C55H77N9O9S. The van der Waals surface area contributed by atoms with Gasteiger partial charge in [-0.1, -0.05) is 70.2 Å². The van der Waals surface area contributed by atoms with Crippen LogP contribution in [0.2, 0.25) is 0 Å². The number of rotatable bonds is 31. The van der Waals surface area contributed by atoms with E-state index in [1.54, 1.807) is 23.6 Å². The maximum absolute atomic E-state index is 14.0. The number of hydrogen-bond acceptors (Lipinski definition) is 15. The van der Waals surface area contributed by atoms with Gasteiger partial charge in [-0.25, -0.2) is 9.97 Å². The summed E-state index contributed by atoms with van der Waals surface area (Å²) in [6, 6.07) is 13.7. The average Bonchev–Trinajstić information content (AvgIpc) is 3.99. The number of aliphatic hydroxyl groups is 1. The molecule has 0 spiro atoms. The highest BCUT2D eigenvalue weighted by molar-refractivity contribution is 7.13. The van der Waals surface area contributed by atoms with Crippen LogP contribution < -0.4 is 26.0 Å². The molecule has 4 aromatic rings. The van der Waals surface area contributed by atoms with Crippen LogP contribution in [0.15, 0.2) is 66.8 Å². The highest BCUT2D eigenvalue weighted by Gasteiger charge is 2.44. The van der Waals surface area contributed by atoms with Crippen molar-refractivity contribution in [2.45, 2.75) is 110 Å². The van der Waals surface area contributed by atoms with E-state index in [1.165, 1.54) is 4.90 Å². The Hall–Kier alpha value is -5.99. The molecule has 6 rings (SSSR count). The molecular weight excluding hydrogens is 963 g/mol. The molecule has 3 heterocycles. The number of amides is 4. The molecule has 1 saturated heterocycles. The summed E-state index contributed by atoms with van der Waals surface area (Å²) >= 11 is 1.58. The highest BCUT2D eigenvalue weighted by Crippen LogP contribution is 2.30. The number of unbranched alkanes of at least 4 members (excludes halogenated alkanes) is 1. The van der Waals surface area contributed by atoms with Crippen LogP contribution in [-0.4, -0.2) is 145 Å². The standard InChI is InChI=1S/C55H77N9O9S/c1-7-40-34-58-54(62-50(40)56-23-12-24-63(6)52(68)42-15-10-16-42)60-43-17-11-18-45(31-43)73-30-14-28-71-26-9-8-25-70-27-13-29-72-36-47(66)61-49(55(3,4)5)53(69)64-35-44(65)32-46(64)51(67)57-33-39-19-21-41(22-20-39)48-38(2)59-37-74-48/h7,11,17-22,31,34,37,42,44,46,49,65H,1,8-10,12-16,23-30,32-33,35-36H2,2-6H3,(H,57,67)(H,61,66)(H2,56,58,60,62)/t44-,46+,49?/m1/s1. The quantitative estimate of drug-likeness (QED) is 0.0316. The average molecular weight is 1040 g/mol. The van der Waals surface area contributed by atoms with Gasteiger partial charge in [-0.2, -0.15) is 4.98 Å². The van der Waals surface area contributed by atoms with E-state index in [-0.39, 0.29) is 43.8 Å². The lowest BCUT2D eigenvalue weighted by molar-refractivity contribution is -0.144. The third-order valence-electron chi connectivity index (χ3n) is 13.0. The summed E-state index contributed by atoms with van der Waals surface area (Å²) in [6.07, 6.45) is 9.68. The summed E-state index contributed by atoms with van der Waals surface area (Å²) < 4.78 is 23.2. The molecule has 5 N–H and O–H groups in total. The van der Waals surface area contributed by atoms with E-state index in [1.807, 2.05) is 93.7 Å². The number of aromatic nitrogens is 3. The molecule has 74 heavy (non-hydrogen) atoms. The topological polar surface area (TPSA) is 219 Å². The number of likely N-dealkylation sites (tertiary alicyclic amines) is 1. The number of carbonyl (C=O) groups excluding carboxylic acids is 4. The molecule has 2 aromatic heterocycles. The fraction of sp³-hybridized carbons (Fsp3) is 0.545. The van der Waals surface area contributed by atoms with Gasteiger partial charge in [0, 0.05) is 109 Å². The number of thiazole rings is 1. The normalized spacial score (nSPS) is 16.0. The number of nitrogens with one attached hydrogen (secondary N) is 4. The summed E-state index contributed by atoms with van der Waals surface area (Å²) in [5, 5.41) is 23.0. The minimum atomic E-state index is -0.943. The van der Waals surface area contributed by atoms with Crippen molar-refractivity contribution in [3.63, 3.8) is 0 Å². The molecule has 1 unspecified atom stereocenters. The zero-order chi connectivity index (χ0) is 52.9. The van der Waals surface area contributed by atoms with Crippen molar-refractivity contribution >= 4 is 58.5 Å². The van der Waals surface area contributed by atoms with Crippen molar-refractivity contribution in [1.82, 2.24) is 35.4 Å². The van der Waals surface area contributed by atoms with E-state index in [4.69, 9.17) is 18.9 Å². The number of carbonyl (C=O) groups is 4. The molecule has 1 saturated carbocycles. The van der Waals surface area contributed by atoms with Crippen LogP contribution in [0, 0.1) is 18.3 Å². The smallest absolute Gasteiger partial charge is 0.246 e. The highest BCUT2D eigenvalue weighted by atomic mass is 32.1. The van der Waals surface area contributed by atoms with Crippen molar-refractivity contribution < 1.29 is 43.2 Å². The fourth-order valence-corrected chi connectivity index (χ4v) is 9.32. The van der Waals surface area contributed by atoms with Crippen LogP contribution in [0.1, 0.15) is 95.4 Å². The predicted octanol–water partition coefficient (Wildman–Crippen LogP) is 7.15. The first-order valence-electron chi connectivity index (χ1n) is 26.0. The Morgan fingerprint density at radius 2 is 1.66 bits per heavy atom. The van der Waals surface area contributed by atoms with E-state index in [0.29, 0.717) is 70.9 Å². The Labute approximate surface area is 440 Å². The lowest BCUT2D eigenvalue weighted by Gasteiger charge is -2.35. The third-order valence-corrected chi connectivity index (χ3v) is 13.9. The van der Waals surface area contributed by atoms with Gasteiger partial charge in [0.2, 0.25) is 29.6 Å². The molecule has 1 aliphatic carbocycles. The molecule has 2 aliphatic rings. The van der Waals surface area contributed by atoms with Crippen LogP contribution in [-0.2, 0) is 39.9 Å². The lowest BCUT2D eigenvalue weighted by Crippen LogP contribution is -2.58. The van der Waals surface area contributed by atoms with Gasteiger partial charge in [0.05, 0.1) is 28.8 Å². The van der Waals surface area contributed by atoms with Crippen molar-refractivity contribution in [3.05, 3.63) is 83.6 Å². The number of benzene rings is 2. The molecule has 18 nitrogen and oxygen atoms in total. The van der Waals surface area contributed by atoms with Gasteiger partial charge in [0.15, 0.2) is 0 Å². The molecule has 4 amide bonds. The fourth-order valence-electron chi connectivity index (χ4n) is 8.51. The number of aliphatic hydroxyl groups excluding tert-OH is 1. The Morgan fingerprint density at radius 1 is 0.946 bits per heavy atom. The number of anilines is 3. The van der Waals surface area contributed by atoms with Gasteiger partial charge < -0.3 is 55.1 Å². The molecule has 0 bridgehead atoms. The summed E-state index contributed by atoms with van der Waals surface area (Å²) in [4.78, 5) is 70.6. The Morgan fingerprint density at radius 3 is 2.34 bits per heavy atom. The zero-order valence-corrected chi connectivity index (χ0v) is 44.7. The van der Waals surface area contributed by atoms with Gasteiger partial charge >= 0.3 is 0 Å². The SMILES string of the molecule is C=Cc1cnc(Nc2cccc(OCCCOCCCCOCCCOCC(=O)NC(C(=O)N3C[C@H](O)C[C@H]3C(=O)NCc3ccc(-c4scnc4C)cc3)C(C)(C)C)c2)nc1NCCCN(C)C(=O)C1CCC1. The number of β-amino-alcohol motifs (C(OH)–C–C–N with tert-alkyl or cyclic N) is 1. The molecule has 0 radical (unpaired) electrons. The molecule has 402 valence electrons. The second kappa shape index (κ2) is 29.2. The van der Waals surface area contributed by atoms with Crippen LogP contribution in [0.3, 0.4) is 0 Å². The number of nitrogens with zero attached hydrogens (tertiary/aromatic N) is 5. The second-order valence-corrected chi connectivity index (χ2v) is 20.9. The molecule has 2 aromatic carbocycles. The first-order chi connectivity index (χ1) is 35.7. The number of ether oxygens (including phenoxy) is 4. The van der Waals surface area contributed by atoms with Gasteiger partial charge in [-0.15, -0.1) is 11.3 Å². The third kappa shape index (κ3) is 17.9. The minimum Gasteiger partial charge on any atom is -0.493 e. The van der Waals surface area contributed by atoms with Crippen LogP contribution in [0.4, 0.5) is 17.5 Å². The van der Waals surface area contributed by atoms with Gasteiger partial charge in [-0.3, -0.25) is 19.2 Å². The zero-order valence-electron chi connectivity index (χ0n) is 43.9. The maximum Gasteiger partial charge on any atom is 0.246 e. The summed E-state index contributed by atoms with van der Waals surface area (Å²) in [5.41, 5.74) is 5.64. The van der Waals surface area contributed by atoms with Crippen molar-refractivity contribution in [1.29, 1.82) is 0 Å². The van der Waals surface area contributed by atoms with Crippen molar-refractivity contribution in [2.24, 2.45) is 11.3 Å². The maximum atomic E-state index is 14.0. The predicted molar refractivity (Wildman–Crippen MR) is 288 cm³/mol. The van der Waals surface area contributed by atoms with Crippen molar-refractivity contribution in [2.75, 3.05) is 83.6 Å². The van der Waals surface area contributed by atoms with Crippen LogP contribution >= 0.6 is 11.3 Å². The first kappa shape index (κ1) is 57.3. The first-order valence-corrected chi connectivity index (χ1v) is 26.8. The second-order valence-electron chi connectivity index (χ2n) is 20.0. The van der Waals surface area contributed by atoms with Gasteiger partial charge in [-0.05, 0) is 74.1 Å². The van der Waals surface area contributed by atoms with Gasteiger partial charge in [0.1, 0.15) is 30.3 Å². The Kier molecular flexibility index (Phi) is 22.6. The largest absolute Gasteiger partial charge is 0.493 e. The summed E-state index contributed by atoms with van der Waals surface area (Å²) in [7, 11) is 1.88. The van der Waals surface area contributed by atoms with Crippen LogP contribution in [0.5, 0.6) is 5.75 Å². The van der Waals surface area contributed by atoms with E-state index in [2.05, 4.69) is 42.8 Å². The van der Waals surface area contributed by atoms with E-state index < -0.39 is 35.4 Å². The van der Waals surface area contributed by atoms with Crippen LogP contribution in [0.25, 0.3) is 16.5 Å². The van der Waals surface area contributed by atoms with E-state index in [0.717, 1.165) is 83.6 Å². The summed E-state index contributed by atoms with van der Waals surface area (Å²) in [6.45, 7) is 15.8. The van der Waals surface area contributed by atoms with Gasteiger partial charge in [0.25, 0.3) is 0 Å². The Bertz CT molecular complexity index is 2430. The summed E-state index contributed by atoms with van der Waals surface area (Å²) in [5.74, 6) is 1.05.